The molecule has 2 fully saturated rings. The molecule has 5 rings (SSSR count). The van der Waals surface area contributed by atoms with Crippen LogP contribution in [0.25, 0.3) is 11.4 Å². The van der Waals surface area contributed by atoms with Crippen LogP contribution in [0.1, 0.15) is 22.9 Å². The van der Waals surface area contributed by atoms with Gasteiger partial charge in [0.15, 0.2) is 0 Å². The molecule has 1 amide bonds. The van der Waals surface area contributed by atoms with E-state index in [1.165, 1.54) is 11.1 Å². The van der Waals surface area contributed by atoms with E-state index in [0.29, 0.717) is 48.9 Å². The second kappa shape index (κ2) is 10.6. The van der Waals surface area contributed by atoms with Crippen molar-refractivity contribution in [2.24, 2.45) is 0 Å². The number of rotatable bonds is 7. The molecule has 0 unspecified atom stereocenters. The van der Waals surface area contributed by atoms with Crippen molar-refractivity contribution in [3.63, 3.8) is 0 Å². The van der Waals surface area contributed by atoms with Gasteiger partial charge in [-0.3, -0.25) is 14.5 Å². The number of aromatic nitrogens is 2. The molecule has 192 valence electrons. The number of para-hydroxylation sites is 2. The Kier molecular flexibility index (Phi) is 7.07. The van der Waals surface area contributed by atoms with Gasteiger partial charge in [-0.1, -0.05) is 36.4 Å². The zero-order valence-corrected chi connectivity index (χ0v) is 21.0. The normalized spacial score (nSPS) is 19.9. The fourth-order valence-corrected chi connectivity index (χ4v) is 5.02. The molecule has 9 heteroatoms. The molecule has 0 aliphatic carbocycles. The molecule has 1 atom stereocenters. The van der Waals surface area contributed by atoms with Crippen LogP contribution in [0.3, 0.4) is 0 Å². The number of ether oxygens (including phenoxy) is 2. The number of nitrogens with zero attached hydrogens (tertiary/aromatic N) is 4. The lowest BCUT2D eigenvalue weighted by atomic mass is 9.94. The minimum Gasteiger partial charge on any atom is -0.507 e. The highest BCUT2D eigenvalue weighted by Crippen LogP contribution is 2.42. The first-order valence-electron chi connectivity index (χ1n) is 12.3. The third-order valence-corrected chi connectivity index (χ3v) is 7.00. The van der Waals surface area contributed by atoms with Crippen molar-refractivity contribution >= 4 is 17.4 Å². The molecule has 2 saturated heterocycles. The Bertz CT molecular complexity index is 1330. The predicted molar refractivity (Wildman–Crippen MR) is 138 cm³/mol. The van der Waals surface area contributed by atoms with Gasteiger partial charge in [-0.25, -0.2) is 4.68 Å². The first-order valence-corrected chi connectivity index (χ1v) is 12.3. The van der Waals surface area contributed by atoms with E-state index in [1.54, 1.807) is 17.9 Å². The molecular weight excluding hydrogens is 472 g/mol. The summed E-state index contributed by atoms with van der Waals surface area (Å²) in [7, 11) is 1.55. The van der Waals surface area contributed by atoms with Crippen molar-refractivity contribution in [2.45, 2.75) is 13.0 Å². The van der Waals surface area contributed by atoms with Gasteiger partial charge in [0.2, 0.25) is 0 Å². The van der Waals surface area contributed by atoms with Crippen molar-refractivity contribution < 1.29 is 24.2 Å². The Hall–Kier alpha value is -3.95. The molecule has 2 aliphatic heterocycles. The number of benzene rings is 2. The van der Waals surface area contributed by atoms with E-state index in [2.05, 4.69) is 10.00 Å². The van der Waals surface area contributed by atoms with E-state index < -0.39 is 17.7 Å². The Morgan fingerprint density at radius 2 is 1.76 bits per heavy atom. The average molecular weight is 503 g/mol. The van der Waals surface area contributed by atoms with Crippen molar-refractivity contribution in [2.75, 3.05) is 46.5 Å². The van der Waals surface area contributed by atoms with Crippen LogP contribution in [-0.4, -0.2) is 82.9 Å². The van der Waals surface area contributed by atoms with Crippen LogP contribution in [0.4, 0.5) is 0 Å². The van der Waals surface area contributed by atoms with Crippen LogP contribution in [-0.2, 0) is 14.3 Å². The Labute approximate surface area is 215 Å². The highest BCUT2D eigenvalue weighted by atomic mass is 16.5. The summed E-state index contributed by atoms with van der Waals surface area (Å²) in [6, 6.07) is 16.0. The van der Waals surface area contributed by atoms with Gasteiger partial charge in [-0.15, -0.1) is 0 Å². The van der Waals surface area contributed by atoms with Gasteiger partial charge in [-0.2, -0.15) is 5.10 Å². The van der Waals surface area contributed by atoms with E-state index >= 15 is 0 Å². The number of Topliss-reactive ketones (excluding diaryl/α,β-unsaturated/α-hetero) is 1. The summed E-state index contributed by atoms with van der Waals surface area (Å²) in [5.74, 6) is -1.07. The van der Waals surface area contributed by atoms with Crippen molar-refractivity contribution in [3.8, 4) is 11.4 Å². The highest BCUT2D eigenvalue weighted by molar-refractivity contribution is 6.46. The van der Waals surface area contributed by atoms with Crippen LogP contribution in [0.5, 0.6) is 5.75 Å². The fraction of sp³-hybridized carbons (Fsp3) is 0.321. The number of hydrogen-bond donors (Lipinski definition) is 1. The molecule has 1 aromatic heterocycles. The minimum absolute atomic E-state index is 0.0344. The summed E-state index contributed by atoms with van der Waals surface area (Å²) < 4.78 is 12.7. The van der Waals surface area contributed by atoms with Crippen molar-refractivity contribution in [1.29, 1.82) is 0 Å². The number of carbonyl (C=O) groups excluding carboxylic acids is 2. The highest BCUT2D eigenvalue weighted by Gasteiger charge is 2.47. The lowest BCUT2D eigenvalue weighted by Crippen LogP contribution is -2.42. The lowest BCUT2D eigenvalue weighted by molar-refractivity contribution is -0.140. The SMILES string of the molecule is COc1ccccc1[C@H]1/C(=C(\O)c2cnn(-c3ccccc3)c2C)C(=O)C(=O)N1CCN1CCOCC1. The molecule has 0 radical (unpaired) electrons. The van der Waals surface area contributed by atoms with Crippen LogP contribution in [0, 0.1) is 6.92 Å². The standard InChI is InChI=1S/C28H30N4O5/c1-19-22(18-29-32(19)20-8-4-3-5-9-20)26(33)24-25(21-10-6-7-11-23(21)36-2)31(28(35)27(24)34)13-12-30-14-16-37-17-15-30/h3-11,18,25,33H,12-17H2,1-2H3/b26-24+/t25-/m0/s1. The monoisotopic (exact) mass is 502 g/mol. The van der Waals surface area contributed by atoms with Crippen LogP contribution in [0.15, 0.2) is 66.4 Å². The lowest BCUT2D eigenvalue weighted by Gasteiger charge is -2.31. The summed E-state index contributed by atoms with van der Waals surface area (Å²) in [6.45, 7) is 5.54. The maximum atomic E-state index is 13.4. The quantitative estimate of drug-likeness (QED) is 0.301. The van der Waals surface area contributed by atoms with Gasteiger partial charge in [-0.05, 0) is 25.1 Å². The summed E-state index contributed by atoms with van der Waals surface area (Å²) >= 11 is 0. The molecule has 37 heavy (non-hydrogen) atoms. The summed E-state index contributed by atoms with van der Waals surface area (Å²) in [5, 5.41) is 16.0. The first-order chi connectivity index (χ1) is 18.0. The number of aliphatic hydroxyl groups excluding tert-OH is 1. The van der Waals surface area contributed by atoms with Gasteiger partial charge < -0.3 is 19.5 Å². The van der Waals surface area contributed by atoms with Crippen molar-refractivity contribution in [3.05, 3.63) is 83.2 Å². The molecule has 9 nitrogen and oxygen atoms in total. The number of carbonyl (C=O) groups is 2. The molecule has 3 aromatic rings. The van der Waals surface area contributed by atoms with Gasteiger partial charge in [0.25, 0.3) is 11.7 Å². The number of methoxy groups -OCH3 is 1. The third-order valence-electron chi connectivity index (χ3n) is 7.00. The topological polar surface area (TPSA) is 97.1 Å². The van der Waals surface area contributed by atoms with Gasteiger partial charge in [0, 0.05) is 31.7 Å². The van der Waals surface area contributed by atoms with Gasteiger partial charge in [0.05, 0.1) is 55.1 Å². The Morgan fingerprint density at radius 3 is 2.49 bits per heavy atom. The van der Waals surface area contributed by atoms with Crippen LogP contribution in [0.2, 0.25) is 0 Å². The summed E-state index contributed by atoms with van der Waals surface area (Å²) in [5.41, 5.74) is 2.55. The van der Waals surface area contributed by atoms with Gasteiger partial charge >= 0.3 is 0 Å². The van der Waals surface area contributed by atoms with Gasteiger partial charge in [0.1, 0.15) is 11.5 Å². The second-order valence-corrected chi connectivity index (χ2v) is 9.08. The number of amides is 1. The molecule has 2 aromatic carbocycles. The van der Waals surface area contributed by atoms with E-state index in [-0.39, 0.29) is 11.3 Å². The van der Waals surface area contributed by atoms with Crippen LogP contribution >= 0.6 is 0 Å². The number of aliphatic hydroxyl groups is 1. The number of ketones is 1. The molecule has 0 saturated carbocycles. The molecule has 0 spiro atoms. The minimum atomic E-state index is -0.795. The maximum Gasteiger partial charge on any atom is 0.295 e. The molecular formula is C28H30N4O5. The van der Waals surface area contributed by atoms with Crippen LogP contribution < -0.4 is 4.74 Å². The average Bonchev–Trinajstić information content (AvgIpc) is 3.44. The zero-order chi connectivity index (χ0) is 25.9. The molecule has 0 bridgehead atoms. The van der Waals surface area contributed by atoms with E-state index in [0.717, 1.165) is 18.8 Å². The largest absolute Gasteiger partial charge is 0.507 e. The zero-order valence-electron chi connectivity index (χ0n) is 21.0. The van der Waals surface area contributed by atoms with Crippen molar-refractivity contribution in [1.82, 2.24) is 19.6 Å². The predicted octanol–water partition coefficient (Wildman–Crippen LogP) is 2.94. The molecule has 1 N–H and O–H groups in total. The number of likely N-dealkylation sites (tertiary alicyclic amines) is 1. The fourth-order valence-electron chi connectivity index (χ4n) is 5.02. The Morgan fingerprint density at radius 1 is 1.05 bits per heavy atom. The van der Waals surface area contributed by atoms with E-state index in [1.807, 2.05) is 55.5 Å². The summed E-state index contributed by atoms with van der Waals surface area (Å²) in [6.07, 6.45) is 1.53. The van der Waals surface area contributed by atoms with E-state index in [9.17, 15) is 14.7 Å². The smallest absolute Gasteiger partial charge is 0.295 e. The molecule has 3 heterocycles. The maximum absolute atomic E-state index is 13.4. The Balaban J connectivity index is 1.58. The van der Waals surface area contributed by atoms with E-state index in [4.69, 9.17) is 9.47 Å². The number of morpholine rings is 1. The second-order valence-electron chi connectivity index (χ2n) is 9.08. The number of hydrogen-bond acceptors (Lipinski definition) is 7. The third kappa shape index (κ3) is 4.63. The first kappa shape index (κ1) is 24.7. The molecule has 2 aliphatic rings. The summed E-state index contributed by atoms with van der Waals surface area (Å²) in [4.78, 5) is 30.5.